The van der Waals surface area contributed by atoms with Crippen molar-refractivity contribution >= 4 is 11.9 Å². The van der Waals surface area contributed by atoms with E-state index in [9.17, 15) is 9.59 Å². The van der Waals surface area contributed by atoms with Crippen LogP contribution in [0.1, 0.15) is 49.7 Å². The van der Waals surface area contributed by atoms with E-state index in [1.54, 1.807) is 0 Å². The number of esters is 2. The summed E-state index contributed by atoms with van der Waals surface area (Å²) in [4.78, 5) is 24.7. The molecule has 0 atom stereocenters. The highest BCUT2D eigenvalue weighted by Crippen LogP contribution is 2.44. The molecule has 0 amide bonds. The fourth-order valence-electron chi connectivity index (χ4n) is 3.73. The van der Waals surface area contributed by atoms with Crippen LogP contribution in [0.5, 0.6) is 0 Å². The van der Waals surface area contributed by atoms with Crippen molar-refractivity contribution in [3.05, 3.63) is 71.8 Å². The number of rotatable bonds is 8. The van der Waals surface area contributed by atoms with Gasteiger partial charge in [-0.1, -0.05) is 73.5 Å². The molecule has 1 aliphatic rings. The average molecular weight is 366 g/mol. The van der Waals surface area contributed by atoms with Crippen molar-refractivity contribution in [1.82, 2.24) is 0 Å². The molecule has 1 aliphatic carbocycles. The van der Waals surface area contributed by atoms with Gasteiger partial charge in [0.15, 0.2) is 0 Å². The predicted molar refractivity (Wildman–Crippen MR) is 103 cm³/mol. The van der Waals surface area contributed by atoms with Crippen LogP contribution in [0.3, 0.4) is 0 Å². The van der Waals surface area contributed by atoms with Crippen LogP contribution >= 0.6 is 0 Å². The van der Waals surface area contributed by atoms with Crippen molar-refractivity contribution in [3.63, 3.8) is 0 Å². The average Bonchev–Trinajstić information content (AvgIpc) is 3.14. The maximum absolute atomic E-state index is 12.4. The summed E-state index contributed by atoms with van der Waals surface area (Å²) in [6.45, 7) is 0.544. The molecule has 0 radical (unpaired) electrons. The van der Waals surface area contributed by atoms with Crippen LogP contribution in [0.25, 0.3) is 0 Å². The van der Waals surface area contributed by atoms with Gasteiger partial charge in [-0.05, 0) is 29.4 Å². The highest BCUT2D eigenvalue weighted by atomic mass is 16.5. The normalized spacial score (nSPS) is 15.3. The van der Waals surface area contributed by atoms with Crippen LogP contribution in [0.4, 0.5) is 0 Å². The summed E-state index contributed by atoms with van der Waals surface area (Å²) in [6.07, 6.45) is 4.37. The Balaban J connectivity index is 1.50. The lowest BCUT2D eigenvalue weighted by molar-refractivity contribution is -0.152. The molecule has 0 unspecified atom stereocenters. The first-order valence-electron chi connectivity index (χ1n) is 9.54. The molecule has 2 aromatic carbocycles. The largest absolute Gasteiger partial charge is 0.461 e. The van der Waals surface area contributed by atoms with Crippen molar-refractivity contribution in [2.24, 2.45) is 5.41 Å². The lowest BCUT2D eigenvalue weighted by Gasteiger charge is -2.26. The predicted octanol–water partition coefficient (Wildman–Crippen LogP) is 4.81. The van der Waals surface area contributed by atoms with Gasteiger partial charge in [0.25, 0.3) is 0 Å². The monoisotopic (exact) mass is 366 g/mol. The third kappa shape index (κ3) is 5.95. The zero-order valence-corrected chi connectivity index (χ0v) is 15.6. The fourth-order valence-corrected chi connectivity index (χ4v) is 3.73. The third-order valence-electron chi connectivity index (χ3n) is 5.19. The lowest BCUT2D eigenvalue weighted by atomic mass is 9.79. The molecule has 3 rings (SSSR count). The molecule has 142 valence electrons. The van der Waals surface area contributed by atoms with Crippen molar-refractivity contribution in [1.29, 1.82) is 0 Å². The second-order valence-electron chi connectivity index (χ2n) is 7.35. The second-order valence-corrected chi connectivity index (χ2v) is 7.35. The van der Waals surface area contributed by atoms with Gasteiger partial charge < -0.3 is 9.47 Å². The van der Waals surface area contributed by atoms with Crippen LogP contribution in [-0.2, 0) is 32.3 Å². The zero-order chi connectivity index (χ0) is 19.0. The Bertz CT molecular complexity index is 674. The molecule has 0 heterocycles. The number of hydrogen-bond donors (Lipinski definition) is 0. The Morgan fingerprint density at radius 2 is 1.11 bits per heavy atom. The van der Waals surface area contributed by atoms with Crippen LogP contribution in [-0.4, -0.2) is 11.9 Å². The minimum absolute atomic E-state index is 0.239. The summed E-state index contributed by atoms with van der Waals surface area (Å²) in [6, 6.07) is 19.3. The standard InChI is InChI=1S/C23H26O4/c24-21(26-17-19-9-3-1-4-10-19)15-23(13-7-8-14-23)16-22(25)27-18-20-11-5-2-6-12-20/h1-6,9-12H,7-8,13-18H2. The minimum Gasteiger partial charge on any atom is -0.461 e. The van der Waals surface area contributed by atoms with Gasteiger partial charge >= 0.3 is 11.9 Å². The Hall–Kier alpha value is -2.62. The minimum atomic E-state index is -0.318. The molecular weight excluding hydrogens is 340 g/mol. The number of hydrogen-bond acceptors (Lipinski definition) is 4. The highest BCUT2D eigenvalue weighted by molar-refractivity contribution is 5.74. The smallest absolute Gasteiger partial charge is 0.306 e. The van der Waals surface area contributed by atoms with Crippen molar-refractivity contribution in [2.45, 2.75) is 51.7 Å². The molecule has 0 spiro atoms. The number of carbonyl (C=O) groups excluding carboxylic acids is 2. The Labute approximate surface area is 160 Å². The first-order valence-corrected chi connectivity index (χ1v) is 9.54. The van der Waals surface area contributed by atoms with Crippen molar-refractivity contribution < 1.29 is 19.1 Å². The second kappa shape index (κ2) is 9.36. The molecule has 1 fully saturated rings. The van der Waals surface area contributed by atoms with E-state index < -0.39 is 0 Å². The molecule has 0 aliphatic heterocycles. The van der Waals surface area contributed by atoms with E-state index in [-0.39, 0.29) is 43.4 Å². The summed E-state index contributed by atoms with van der Waals surface area (Å²) in [5.74, 6) is -0.478. The van der Waals surface area contributed by atoms with E-state index >= 15 is 0 Å². The van der Waals surface area contributed by atoms with Crippen LogP contribution in [0.15, 0.2) is 60.7 Å². The molecule has 1 saturated carbocycles. The number of carbonyl (C=O) groups is 2. The molecule has 27 heavy (non-hydrogen) atoms. The topological polar surface area (TPSA) is 52.6 Å². The summed E-state index contributed by atoms with van der Waals surface area (Å²) < 4.78 is 10.9. The van der Waals surface area contributed by atoms with Gasteiger partial charge in [-0.3, -0.25) is 9.59 Å². The number of ether oxygens (including phenoxy) is 2. The number of benzene rings is 2. The van der Waals surface area contributed by atoms with E-state index in [2.05, 4.69) is 0 Å². The van der Waals surface area contributed by atoms with Crippen LogP contribution < -0.4 is 0 Å². The van der Waals surface area contributed by atoms with Gasteiger partial charge in [-0.2, -0.15) is 0 Å². The summed E-state index contributed by atoms with van der Waals surface area (Å²) in [7, 11) is 0. The Morgan fingerprint density at radius 1 is 0.704 bits per heavy atom. The van der Waals surface area contributed by atoms with Crippen molar-refractivity contribution in [2.75, 3.05) is 0 Å². The highest BCUT2D eigenvalue weighted by Gasteiger charge is 2.39. The van der Waals surface area contributed by atoms with Gasteiger partial charge in [0, 0.05) is 0 Å². The third-order valence-corrected chi connectivity index (χ3v) is 5.19. The first kappa shape index (κ1) is 19.2. The summed E-state index contributed by atoms with van der Waals surface area (Å²) in [5, 5.41) is 0. The first-order chi connectivity index (χ1) is 13.2. The molecular formula is C23H26O4. The SMILES string of the molecule is O=C(CC1(CC(=O)OCc2ccccc2)CCCC1)OCc1ccccc1. The molecule has 2 aromatic rings. The summed E-state index contributed by atoms with van der Waals surface area (Å²) in [5.41, 5.74) is 1.61. The zero-order valence-electron chi connectivity index (χ0n) is 15.6. The Morgan fingerprint density at radius 3 is 1.52 bits per heavy atom. The van der Waals surface area contributed by atoms with Gasteiger partial charge in [0.05, 0.1) is 12.8 Å². The van der Waals surface area contributed by atoms with Crippen LogP contribution in [0, 0.1) is 5.41 Å². The Kier molecular flexibility index (Phi) is 6.64. The summed E-state index contributed by atoms with van der Waals surface area (Å²) >= 11 is 0. The lowest BCUT2D eigenvalue weighted by Crippen LogP contribution is -2.26. The fraction of sp³-hybridized carbons (Fsp3) is 0.391. The van der Waals surface area contributed by atoms with Gasteiger partial charge in [0.1, 0.15) is 13.2 Å². The molecule has 0 saturated heterocycles. The molecule has 4 nitrogen and oxygen atoms in total. The van der Waals surface area contributed by atoms with E-state index in [4.69, 9.17) is 9.47 Å². The van der Waals surface area contributed by atoms with Crippen LogP contribution in [0.2, 0.25) is 0 Å². The van der Waals surface area contributed by atoms with E-state index in [0.717, 1.165) is 36.8 Å². The quantitative estimate of drug-likeness (QED) is 0.629. The van der Waals surface area contributed by atoms with Crippen molar-refractivity contribution in [3.8, 4) is 0 Å². The van der Waals surface area contributed by atoms with Gasteiger partial charge in [-0.25, -0.2) is 0 Å². The van der Waals surface area contributed by atoms with E-state index in [1.807, 2.05) is 60.7 Å². The van der Waals surface area contributed by atoms with Gasteiger partial charge in [-0.15, -0.1) is 0 Å². The maximum atomic E-state index is 12.4. The van der Waals surface area contributed by atoms with E-state index in [0.29, 0.717) is 0 Å². The molecule has 0 aromatic heterocycles. The van der Waals surface area contributed by atoms with E-state index in [1.165, 1.54) is 0 Å². The van der Waals surface area contributed by atoms with Gasteiger partial charge in [0.2, 0.25) is 0 Å². The molecule has 0 N–H and O–H groups in total. The molecule has 4 heteroatoms. The maximum Gasteiger partial charge on any atom is 0.306 e. The molecule has 0 bridgehead atoms.